The van der Waals surface area contributed by atoms with Gasteiger partial charge in [-0.15, -0.1) is 5.10 Å². The van der Waals surface area contributed by atoms with Gasteiger partial charge < -0.3 is 10.6 Å². The number of rotatable bonds is 7. The van der Waals surface area contributed by atoms with E-state index in [0.717, 1.165) is 19.4 Å². The van der Waals surface area contributed by atoms with Crippen LogP contribution in [0.2, 0.25) is 0 Å². The summed E-state index contributed by atoms with van der Waals surface area (Å²) >= 11 is 0. The quantitative estimate of drug-likeness (QED) is 0.761. The Morgan fingerprint density at radius 2 is 2.05 bits per heavy atom. The summed E-state index contributed by atoms with van der Waals surface area (Å²) in [7, 11) is 0. The third-order valence-electron chi connectivity index (χ3n) is 2.79. The monoisotopic (exact) mass is 275 g/mol. The SMILES string of the molecule is CCCCNc1nncc(NCc2ccccc2F)n1. The summed E-state index contributed by atoms with van der Waals surface area (Å²) in [6.07, 6.45) is 3.67. The van der Waals surface area contributed by atoms with Crippen LogP contribution in [0.3, 0.4) is 0 Å². The largest absolute Gasteiger partial charge is 0.364 e. The van der Waals surface area contributed by atoms with E-state index in [1.54, 1.807) is 18.2 Å². The zero-order valence-electron chi connectivity index (χ0n) is 11.4. The van der Waals surface area contributed by atoms with Crippen LogP contribution in [0.5, 0.6) is 0 Å². The van der Waals surface area contributed by atoms with Crippen molar-refractivity contribution in [2.75, 3.05) is 17.2 Å². The third kappa shape index (κ3) is 4.15. The lowest BCUT2D eigenvalue weighted by Crippen LogP contribution is -2.09. The summed E-state index contributed by atoms with van der Waals surface area (Å²) in [5.74, 6) is 0.822. The molecule has 2 N–H and O–H groups in total. The van der Waals surface area contributed by atoms with E-state index in [2.05, 4.69) is 32.7 Å². The van der Waals surface area contributed by atoms with E-state index in [-0.39, 0.29) is 5.82 Å². The average molecular weight is 275 g/mol. The van der Waals surface area contributed by atoms with Gasteiger partial charge in [-0.25, -0.2) is 4.39 Å². The second-order valence-corrected chi connectivity index (χ2v) is 4.39. The molecule has 0 radical (unpaired) electrons. The van der Waals surface area contributed by atoms with Crippen LogP contribution >= 0.6 is 0 Å². The molecule has 6 heteroatoms. The van der Waals surface area contributed by atoms with Crippen molar-refractivity contribution < 1.29 is 4.39 Å². The molecule has 0 atom stereocenters. The van der Waals surface area contributed by atoms with Crippen molar-refractivity contribution in [3.05, 3.63) is 41.8 Å². The summed E-state index contributed by atoms with van der Waals surface area (Å²) in [5.41, 5.74) is 0.589. The molecular formula is C14H18FN5. The fourth-order valence-electron chi connectivity index (χ4n) is 1.67. The maximum atomic E-state index is 13.5. The number of anilines is 2. The normalized spacial score (nSPS) is 10.3. The van der Waals surface area contributed by atoms with Crippen LogP contribution < -0.4 is 10.6 Å². The van der Waals surface area contributed by atoms with Crippen molar-refractivity contribution in [2.45, 2.75) is 26.3 Å². The van der Waals surface area contributed by atoms with Crippen LogP contribution in [0, 0.1) is 5.82 Å². The molecule has 1 aromatic carbocycles. The van der Waals surface area contributed by atoms with Gasteiger partial charge in [0.15, 0.2) is 5.82 Å². The van der Waals surface area contributed by atoms with Crippen LogP contribution in [0.25, 0.3) is 0 Å². The maximum absolute atomic E-state index is 13.5. The highest BCUT2D eigenvalue weighted by molar-refractivity contribution is 5.38. The van der Waals surface area contributed by atoms with Gasteiger partial charge in [0.1, 0.15) is 5.82 Å². The minimum atomic E-state index is -0.233. The molecule has 0 aliphatic heterocycles. The Bertz CT molecular complexity index is 547. The molecule has 106 valence electrons. The molecule has 0 bridgehead atoms. The van der Waals surface area contributed by atoms with Crippen LogP contribution in [-0.2, 0) is 6.54 Å². The van der Waals surface area contributed by atoms with E-state index in [9.17, 15) is 4.39 Å². The molecule has 0 spiro atoms. The number of benzene rings is 1. The second-order valence-electron chi connectivity index (χ2n) is 4.39. The van der Waals surface area contributed by atoms with E-state index < -0.39 is 0 Å². The van der Waals surface area contributed by atoms with E-state index >= 15 is 0 Å². The lowest BCUT2D eigenvalue weighted by molar-refractivity contribution is 0.613. The van der Waals surface area contributed by atoms with Gasteiger partial charge in [-0.2, -0.15) is 10.1 Å². The summed E-state index contributed by atoms with van der Waals surface area (Å²) in [4.78, 5) is 4.27. The van der Waals surface area contributed by atoms with Crippen molar-refractivity contribution >= 4 is 11.8 Å². The Balaban J connectivity index is 1.93. The number of hydrogen-bond acceptors (Lipinski definition) is 5. The Morgan fingerprint density at radius 1 is 1.20 bits per heavy atom. The van der Waals surface area contributed by atoms with Crippen LogP contribution in [0.15, 0.2) is 30.5 Å². The number of halogens is 1. The zero-order valence-corrected chi connectivity index (χ0v) is 11.4. The van der Waals surface area contributed by atoms with Crippen LogP contribution in [-0.4, -0.2) is 21.7 Å². The van der Waals surface area contributed by atoms with Crippen molar-refractivity contribution in [1.29, 1.82) is 0 Å². The van der Waals surface area contributed by atoms with Gasteiger partial charge in [0.25, 0.3) is 0 Å². The van der Waals surface area contributed by atoms with Crippen molar-refractivity contribution in [1.82, 2.24) is 15.2 Å². The number of nitrogens with zero attached hydrogens (tertiary/aromatic N) is 3. The number of unbranched alkanes of at least 4 members (excludes halogenated alkanes) is 1. The van der Waals surface area contributed by atoms with Gasteiger partial charge in [-0.3, -0.25) is 0 Å². The minimum Gasteiger partial charge on any atom is -0.364 e. The molecule has 0 saturated heterocycles. The molecule has 1 aromatic heterocycles. The molecule has 20 heavy (non-hydrogen) atoms. The van der Waals surface area contributed by atoms with Gasteiger partial charge in [-0.05, 0) is 12.5 Å². The molecule has 0 unspecified atom stereocenters. The number of aromatic nitrogens is 3. The van der Waals surface area contributed by atoms with Crippen LogP contribution in [0.1, 0.15) is 25.3 Å². The highest BCUT2D eigenvalue weighted by Crippen LogP contribution is 2.10. The number of nitrogens with one attached hydrogen (secondary N) is 2. The van der Waals surface area contributed by atoms with Gasteiger partial charge in [0.2, 0.25) is 5.95 Å². The summed E-state index contributed by atoms with van der Waals surface area (Å²) in [6.45, 7) is 3.29. The van der Waals surface area contributed by atoms with Gasteiger partial charge in [0.05, 0.1) is 6.20 Å². The molecule has 0 aliphatic rings. The zero-order chi connectivity index (χ0) is 14.2. The highest BCUT2D eigenvalue weighted by Gasteiger charge is 2.03. The Morgan fingerprint density at radius 3 is 2.85 bits per heavy atom. The first kappa shape index (κ1) is 14.2. The van der Waals surface area contributed by atoms with E-state index in [1.807, 2.05) is 0 Å². The standard InChI is InChI=1S/C14H18FN5/c1-2-3-8-16-14-19-13(10-18-20-14)17-9-11-6-4-5-7-12(11)15/h4-7,10H,2-3,8-9H2,1H3,(H2,16,17,19,20). The summed E-state index contributed by atoms with van der Waals surface area (Å²) in [5, 5.41) is 13.9. The van der Waals surface area contributed by atoms with E-state index in [0.29, 0.717) is 23.9 Å². The topological polar surface area (TPSA) is 62.7 Å². The molecule has 2 rings (SSSR count). The first-order valence-electron chi connectivity index (χ1n) is 6.70. The fourth-order valence-corrected chi connectivity index (χ4v) is 1.67. The van der Waals surface area contributed by atoms with Crippen LogP contribution in [0.4, 0.5) is 16.2 Å². The predicted molar refractivity (Wildman–Crippen MR) is 77.0 cm³/mol. The molecular weight excluding hydrogens is 257 g/mol. The van der Waals surface area contributed by atoms with Gasteiger partial charge in [-0.1, -0.05) is 31.5 Å². The lowest BCUT2D eigenvalue weighted by Gasteiger charge is -2.08. The molecule has 2 aromatic rings. The van der Waals surface area contributed by atoms with E-state index in [4.69, 9.17) is 0 Å². The van der Waals surface area contributed by atoms with Gasteiger partial charge >= 0.3 is 0 Å². The average Bonchev–Trinajstić information content (AvgIpc) is 2.47. The first-order valence-corrected chi connectivity index (χ1v) is 6.70. The fraction of sp³-hybridized carbons (Fsp3) is 0.357. The highest BCUT2D eigenvalue weighted by atomic mass is 19.1. The molecule has 0 saturated carbocycles. The van der Waals surface area contributed by atoms with Crippen molar-refractivity contribution in [3.63, 3.8) is 0 Å². The third-order valence-corrected chi connectivity index (χ3v) is 2.79. The molecule has 0 fully saturated rings. The Kier molecular flexibility index (Phi) is 5.23. The predicted octanol–water partition coefficient (Wildman–Crippen LogP) is 2.83. The summed E-state index contributed by atoms with van der Waals surface area (Å²) in [6, 6.07) is 6.64. The Labute approximate surface area is 117 Å². The molecule has 5 nitrogen and oxygen atoms in total. The molecule has 1 heterocycles. The minimum absolute atomic E-state index is 0.233. The van der Waals surface area contributed by atoms with Gasteiger partial charge in [0, 0.05) is 18.7 Å². The lowest BCUT2D eigenvalue weighted by atomic mass is 10.2. The maximum Gasteiger partial charge on any atom is 0.244 e. The van der Waals surface area contributed by atoms with Crippen molar-refractivity contribution in [3.8, 4) is 0 Å². The molecule has 0 aliphatic carbocycles. The summed E-state index contributed by atoms with van der Waals surface area (Å²) < 4.78 is 13.5. The smallest absolute Gasteiger partial charge is 0.244 e. The molecule has 0 amide bonds. The number of hydrogen-bond donors (Lipinski definition) is 2. The Hall–Kier alpha value is -2.24. The first-order chi connectivity index (χ1) is 9.79. The van der Waals surface area contributed by atoms with E-state index in [1.165, 1.54) is 12.3 Å². The second kappa shape index (κ2) is 7.37. The van der Waals surface area contributed by atoms with Crippen molar-refractivity contribution in [2.24, 2.45) is 0 Å².